The molecule has 2 heterocycles. The molecule has 2 aromatic rings. The number of halogens is 3. The Morgan fingerprint density at radius 3 is 2.50 bits per heavy atom. The normalized spacial score (nSPS) is 13.1. The number of aliphatic hydroxyl groups is 1. The van der Waals surface area contributed by atoms with Crippen molar-refractivity contribution in [3.8, 4) is 5.88 Å². The van der Waals surface area contributed by atoms with E-state index in [1.54, 1.807) is 0 Å². The summed E-state index contributed by atoms with van der Waals surface area (Å²) in [5, 5.41) is 17.2. The predicted octanol–water partition coefficient (Wildman–Crippen LogP) is 1.98. The Kier molecular flexibility index (Phi) is 3.84. The van der Waals surface area contributed by atoms with E-state index >= 15 is 0 Å². The number of hydrogen-bond acceptors (Lipinski definition) is 5. The molecule has 0 aromatic carbocycles. The highest BCUT2D eigenvalue weighted by atomic mass is 19.4. The van der Waals surface area contributed by atoms with Gasteiger partial charge in [0, 0.05) is 24.0 Å². The van der Waals surface area contributed by atoms with Gasteiger partial charge in [0.1, 0.15) is 6.10 Å². The fraction of sp³-hybridized carbons (Fsp3) is 0.250. The molecule has 0 aliphatic carbocycles. The Morgan fingerprint density at radius 2 is 1.95 bits per heavy atom. The van der Waals surface area contributed by atoms with Crippen molar-refractivity contribution in [1.29, 1.82) is 0 Å². The number of rotatable bonds is 3. The number of pyridine rings is 1. The van der Waals surface area contributed by atoms with Crippen LogP contribution in [-0.4, -0.2) is 27.4 Å². The topological polar surface area (TPSA) is 68.1 Å². The molecule has 0 aliphatic rings. The lowest BCUT2D eigenvalue weighted by Crippen LogP contribution is -2.14. The first-order valence-corrected chi connectivity index (χ1v) is 5.50. The molecule has 0 saturated heterocycles. The van der Waals surface area contributed by atoms with Crippen molar-refractivity contribution >= 4 is 0 Å². The van der Waals surface area contributed by atoms with Gasteiger partial charge < -0.3 is 9.84 Å². The minimum atomic E-state index is -4.58. The first-order valence-electron chi connectivity index (χ1n) is 5.50. The van der Waals surface area contributed by atoms with E-state index < -0.39 is 17.8 Å². The molecule has 0 radical (unpaired) electrons. The van der Waals surface area contributed by atoms with Crippen LogP contribution in [0.2, 0.25) is 0 Å². The van der Waals surface area contributed by atoms with Crippen LogP contribution in [0, 0.1) is 0 Å². The van der Waals surface area contributed by atoms with Gasteiger partial charge in [-0.15, -0.1) is 10.2 Å². The highest BCUT2D eigenvalue weighted by Gasteiger charge is 2.35. The Labute approximate surface area is 112 Å². The van der Waals surface area contributed by atoms with Crippen LogP contribution < -0.4 is 4.74 Å². The lowest BCUT2D eigenvalue weighted by molar-refractivity contribution is -0.139. The third kappa shape index (κ3) is 2.85. The summed E-state index contributed by atoms with van der Waals surface area (Å²) in [4.78, 5) is 3.61. The zero-order valence-corrected chi connectivity index (χ0v) is 10.3. The summed E-state index contributed by atoms with van der Waals surface area (Å²) < 4.78 is 43.3. The van der Waals surface area contributed by atoms with Crippen molar-refractivity contribution in [2.75, 3.05) is 7.11 Å². The molecular weight excluding hydrogens is 275 g/mol. The second-order valence-electron chi connectivity index (χ2n) is 3.86. The van der Waals surface area contributed by atoms with Crippen molar-refractivity contribution in [3.63, 3.8) is 0 Å². The van der Waals surface area contributed by atoms with Crippen LogP contribution in [0.5, 0.6) is 5.88 Å². The lowest BCUT2D eigenvalue weighted by atomic mass is 10.0. The smallest absolute Gasteiger partial charge is 0.416 e. The maximum absolute atomic E-state index is 12.8. The number of alkyl halides is 3. The summed E-state index contributed by atoms with van der Waals surface area (Å²) in [7, 11) is 1.38. The molecule has 1 atom stereocenters. The number of ether oxygens (including phenoxy) is 1. The molecule has 2 rings (SSSR count). The highest BCUT2D eigenvalue weighted by Crippen LogP contribution is 2.35. The van der Waals surface area contributed by atoms with Gasteiger partial charge in [0.25, 0.3) is 0 Å². The Bertz CT molecular complexity index is 587. The van der Waals surface area contributed by atoms with Crippen LogP contribution in [-0.2, 0) is 6.18 Å². The van der Waals surface area contributed by atoms with E-state index in [1.807, 2.05) is 0 Å². The van der Waals surface area contributed by atoms with E-state index in [-0.39, 0.29) is 17.1 Å². The van der Waals surface area contributed by atoms with Crippen molar-refractivity contribution in [2.24, 2.45) is 0 Å². The summed E-state index contributed by atoms with van der Waals surface area (Å²) in [5.74, 6) is 0.197. The van der Waals surface area contributed by atoms with Crippen LogP contribution in [0.15, 0.2) is 30.6 Å². The molecule has 106 valence electrons. The first kappa shape index (κ1) is 14.2. The summed E-state index contributed by atoms with van der Waals surface area (Å²) >= 11 is 0. The summed E-state index contributed by atoms with van der Waals surface area (Å²) in [6.07, 6.45) is -4.18. The molecule has 0 aliphatic heterocycles. The van der Waals surface area contributed by atoms with Crippen LogP contribution in [0.4, 0.5) is 13.2 Å². The first-order chi connectivity index (χ1) is 9.43. The molecule has 0 fully saturated rings. The second-order valence-corrected chi connectivity index (χ2v) is 3.86. The summed E-state index contributed by atoms with van der Waals surface area (Å²) in [6.45, 7) is 0. The van der Waals surface area contributed by atoms with Crippen LogP contribution >= 0.6 is 0 Å². The fourth-order valence-corrected chi connectivity index (χ4v) is 1.63. The van der Waals surface area contributed by atoms with Crippen molar-refractivity contribution in [2.45, 2.75) is 12.3 Å². The van der Waals surface area contributed by atoms with Gasteiger partial charge in [0.2, 0.25) is 5.88 Å². The number of methoxy groups -OCH3 is 1. The van der Waals surface area contributed by atoms with E-state index in [1.165, 1.54) is 19.2 Å². The highest BCUT2D eigenvalue weighted by molar-refractivity contribution is 5.33. The van der Waals surface area contributed by atoms with Crippen LogP contribution in [0.1, 0.15) is 22.9 Å². The van der Waals surface area contributed by atoms with E-state index in [9.17, 15) is 18.3 Å². The Hall–Kier alpha value is -2.22. The molecule has 0 amide bonds. The van der Waals surface area contributed by atoms with E-state index in [4.69, 9.17) is 4.74 Å². The molecule has 0 saturated carbocycles. The largest absolute Gasteiger partial charge is 0.480 e. The predicted molar refractivity (Wildman–Crippen MR) is 61.9 cm³/mol. The van der Waals surface area contributed by atoms with Gasteiger partial charge in [0.15, 0.2) is 0 Å². The Morgan fingerprint density at radius 1 is 1.20 bits per heavy atom. The number of hydrogen-bond donors (Lipinski definition) is 1. The molecule has 5 nitrogen and oxygen atoms in total. The average Bonchev–Trinajstić information content (AvgIpc) is 2.46. The standard InChI is InChI=1S/C12H10F3N3O2/c1-20-10-3-2-9(17-18-10)11(19)7-6-16-5-4-8(7)12(13,14)15/h2-6,11,19H,1H3. The van der Waals surface area contributed by atoms with Crippen molar-refractivity contribution in [3.05, 3.63) is 47.4 Å². The Balaban J connectivity index is 2.40. The third-order valence-electron chi connectivity index (χ3n) is 2.60. The summed E-state index contributed by atoms with van der Waals surface area (Å²) in [6, 6.07) is 3.54. The monoisotopic (exact) mass is 285 g/mol. The molecule has 1 N–H and O–H groups in total. The fourth-order valence-electron chi connectivity index (χ4n) is 1.63. The summed E-state index contributed by atoms with van der Waals surface area (Å²) in [5.41, 5.74) is -1.36. The molecule has 2 aromatic heterocycles. The van der Waals surface area contributed by atoms with Crippen molar-refractivity contribution < 1.29 is 23.0 Å². The van der Waals surface area contributed by atoms with Crippen molar-refractivity contribution in [1.82, 2.24) is 15.2 Å². The number of nitrogens with zero attached hydrogens (tertiary/aromatic N) is 3. The van der Waals surface area contributed by atoms with E-state index in [0.717, 1.165) is 18.5 Å². The lowest BCUT2D eigenvalue weighted by Gasteiger charge is -2.16. The number of aromatic nitrogens is 3. The van der Waals surface area contributed by atoms with Gasteiger partial charge >= 0.3 is 6.18 Å². The van der Waals surface area contributed by atoms with Gasteiger partial charge in [-0.25, -0.2) is 0 Å². The maximum Gasteiger partial charge on any atom is 0.416 e. The van der Waals surface area contributed by atoms with Crippen LogP contribution in [0.3, 0.4) is 0 Å². The minimum Gasteiger partial charge on any atom is -0.480 e. The molecule has 8 heteroatoms. The minimum absolute atomic E-state index is 0.0238. The average molecular weight is 285 g/mol. The van der Waals surface area contributed by atoms with Crippen LogP contribution in [0.25, 0.3) is 0 Å². The molecule has 0 bridgehead atoms. The third-order valence-corrected chi connectivity index (χ3v) is 2.60. The maximum atomic E-state index is 12.8. The number of aliphatic hydroxyl groups excluding tert-OH is 1. The van der Waals surface area contributed by atoms with E-state index in [0.29, 0.717) is 0 Å². The molecule has 0 spiro atoms. The zero-order chi connectivity index (χ0) is 14.8. The molecule has 20 heavy (non-hydrogen) atoms. The molecule has 1 unspecified atom stereocenters. The van der Waals surface area contributed by atoms with Gasteiger partial charge in [-0.05, 0) is 12.1 Å². The van der Waals surface area contributed by atoms with Gasteiger partial charge in [-0.3, -0.25) is 4.98 Å². The zero-order valence-electron chi connectivity index (χ0n) is 10.3. The van der Waals surface area contributed by atoms with Gasteiger partial charge in [-0.1, -0.05) is 0 Å². The van der Waals surface area contributed by atoms with Gasteiger partial charge in [0.05, 0.1) is 18.4 Å². The molecular formula is C12H10F3N3O2. The van der Waals surface area contributed by atoms with Gasteiger partial charge in [-0.2, -0.15) is 13.2 Å². The second kappa shape index (κ2) is 5.41. The van der Waals surface area contributed by atoms with E-state index in [2.05, 4.69) is 15.2 Å². The SMILES string of the molecule is COc1ccc(C(O)c2cnccc2C(F)(F)F)nn1. The quantitative estimate of drug-likeness (QED) is 0.934.